The number of pyridine rings is 1. The molecule has 3 N–H and O–H groups in total. The molecule has 1 fully saturated rings. The van der Waals surface area contributed by atoms with Gasteiger partial charge in [-0.2, -0.15) is 0 Å². The molecule has 3 rings (SSSR count). The van der Waals surface area contributed by atoms with Gasteiger partial charge >= 0.3 is 0 Å². The van der Waals surface area contributed by atoms with Crippen molar-refractivity contribution >= 4 is 17.2 Å². The van der Waals surface area contributed by atoms with Crippen molar-refractivity contribution in [2.75, 3.05) is 0 Å². The maximum absolute atomic E-state index is 12.1. The lowest BCUT2D eigenvalue weighted by atomic mass is 9.95. The second-order valence-electron chi connectivity index (χ2n) is 5.21. The lowest BCUT2D eigenvalue weighted by Gasteiger charge is -2.19. The van der Waals surface area contributed by atoms with Crippen molar-refractivity contribution in [1.29, 1.82) is 0 Å². The Labute approximate surface area is 127 Å². The summed E-state index contributed by atoms with van der Waals surface area (Å²) in [6.07, 6.45) is 3.93. The molecule has 6 heteroatoms. The topological polar surface area (TPSA) is 66.1 Å². The molecule has 0 radical (unpaired) electrons. The summed E-state index contributed by atoms with van der Waals surface area (Å²) in [5.41, 5.74) is 7.58. The molecule has 1 aliphatic rings. The molecule has 0 aromatic carbocycles. The minimum atomic E-state index is -0.0735. The molecule has 3 atom stereocenters. The molecule has 1 amide bonds. The van der Waals surface area contributed by atoms with E-state index in [1.807, 2.05) is 29.6 Å². The smallest absolute Gasteiger partial charge is 0.226 e. The first-order valence-electron chi connectivity index (χ1n) is 6.97. The zero-order valence-corrected chi connectivity index (χ0v) is 12.6. The van der Waals surface area contributed by atoms with Crippen LogP contribution < -0.4 is 16.2 Å². The van der Waals surface area contributed by atoms with Crippen LogP contribution in [0.1, 0.15) is 23.4 Å². The van der Waals surface area contributed by atoms with Crippen molar-refractivity contribution in [2.24, 2.45) is 5.92 Å². The number of hydrazine groups is 1. The highest BCUT2D eigenvalue weighted by Crippen LogP contribution is 2.26. The molecular weight excluding hydrogens is 284 g/mol. The molecule has 0 saturated carbocycles. The van der Waals surface area contributed by atoms with Gasteiger partial charge in [0.15, 0.2) is 0 Å². The van der Waals surface area contributed by atoms with Gasteiger partial charge < -0.3 is 5.32 Å². The summed E-state index contributed by atoms with van der Waals surface area (Å²) in [6, 6.07) is 8.09. The molecule has 5 nitrogen and oxygen atoms in total. The number of rotatable bonds is 4. The quantitative estimate of drug-likeness (QED) is 0.803. The van der Waals surface area contributed by atoms with E-state index in [2.05, 4.69) is 28.1 Å². The van der Waals surface area contributed by atoms with Crippen LogP contribution in [0.15, 0.2) is 42.0 Å². The van der Waals surface area contributed by atoms with E-state index < -0.39 is 0 Å². The van der Waals surface area contributed by atoms with E-state index in [0.717, 1.165) is 4.88 Å². The zero-order valence-electron chi connectivity index (χ0n) is 11.7. The van der Waals surface area contributed by atoms with Crippen LogP contribution in [0.3, 0.4) is 0 Å². The zero-order chi connectivity index (χ0) is 14.7. The number of amides is 1. The predicted octanol–water partition coefficient (Wildman–Crippen LogP) is 1.61. The van der Waals surface area contributed by atoms with E-state index in [9.17, 15) is 4.79 Å². The van der Waals surface area contributed by atoms with Crippen LogP contribution in [0.4, 0.5) is 0 Å². The summed E-state index contributed by atoms with van der Waals surface area (Å²) >= 11 is 1.60. The molecule has 0 spiro atoms. The average Bonchev–Trinajstić information content (AvgIpc) is 3.11. The first-order valence-corrected chi connectivity index (χ1v) is 7.85. The monoisotopic (exact) mass is 302 g/mol. The third-order valence-electron chi connectivity index (χ3n) is 3.74. The highest BCUT2D eigenvalue weighted by Gasteiger charge is 2.34. The highest BCUT2D eigenvalue weighted by molar-refractivity contribution is 7.10. The summed E-state index contributed by atoms with van der Waals surface area (Å²) < 4.78 is 0. The molecule has 2 aromatic rings. The van der Waals surface area contributed by atoms with Gasteiger partial charge in [0.05, 0.1) is 18.6 Å². The number of nitrogens with one attached hydrogen (secondary N) is 3. The van der Waals surface area contributed by atoms with Crippen LogP contribution in [0, 0.1) is 5.92 Å². The third kappa shape index (κ3) is 3.29. The minimum absolute atomic E-state index is 0.0407. The molecule has 1 aliphatic heterocycles. The van der Waals surface area contributed by atoms with E-state index in [1.54, 1.807) is 23.7 Å². The second kappa shape index (κ2) is 6.34. The minimum Gasteiger partial charge on any atom is -0.339 e. The second-order valence-corrected chi connectivity index (χ2v) is 6.24. The van der Waals surface area contributed by atoms with Crippen LogP contribution >= 0.6 is 11.3 Å². The fraction of sp³-hybridized carbons (Fsp3) is 0.333. The summed E-state index contributed by atoms with van der Waals surface area (Å²) in [6.45, 7) is 2.12. The summed E-state index contributed by atoms with van der Waals surface area (Å²) in [7, 11) is 0. The number of aromatic nitrogens is 1. The van der Waals surface area contributed by atoms with Gasteiger partial charge in [-0.1, -0.05) is 13.0 Å². The number of nitrogens with zero attached hydrogens (tertiary/aromatic N) is 1. The Morgan fingerprint density at radius 2 is 2.14 bits per heavy atom. The number of hydrogen-bond acceptors (Lipinski definition) is 5. The van der Waals surface area contributed by atoms with Crippen LogP contribution in [0.25, 0.3) is 0 Å². The van der Waals surface area contributed by atoms with Crippen LogP contribution in [0.5, 0.6) is 0 Å². The highest BCUT2D eigenvalue weighted by atomic mass is 32.1. The van der Waals surface area contributed by atoms with Crippen molar-refractivity contribution in [2.45, 2.75) is 25.6 Å². The van der Waals surface area contributed by atoms with Gasteiger partial charge in [0.1, 0.15) is 0 Å². The van der Waals surface area contributed by atoms with E-state index >= 15 is 0 Å². The molecule has 0 aliphatic carbocycles. The maximum Gasteiger partial charge on any atom is 0.226 e. The van der Waals surface area contributed by atoms with Gasteiger partial charge in [0.25, 0.3) is 0 Å². The third-order valence-corrected chi connectivity index (χ3v) is 4.62. The molecule has 3 heterocycles. The van der Waals surface area contributed by atoms with Crippen molar-refractivity contribution in [3.63, 3.8) is 0 Å². The molecule has 3 unspecified atom stereocenters. The Kier molecular flexibility index (Phi) is 4.28. The van der Waals surface area contributed by atoms with Gasteiger partial charge in [-0.25, -0.2) is 10.9 Å². The fourth-order valence-electron chi connectivity index (χ4n) is 2.56. The largest absolute Gasteiger partial charge is 0.339 e. The van der Waals surface area contributed by atoms with Crippen LogP contribution in [-0.2, 0) is 11.2 Å². The Balaban J connectivity index is 1.59. The van der Waals surface area contributed by atoms with E-state index in [4.69, 9.17) is 0 Å². The van der Waals surface area contributed by atoms with Gasteiger partial charge in [0.2, 0.25) is 5.91 Å². The number of thiophene rings is 1. The Morgan fingerprint density at radius 1 is 1.33 bits per heavy atom. The van der Waals surface area contributed by atoms with Crippen LogP contribution in [-0.4, -0.2) is 17.1 Å². The SMILES string of the molecule is CC1C(NC(=O)Cc2cccs2)NNC1c1ccncc1. The summed E-state index contributed by atoms with van der Waals surface area (Å²) in [4.78, 5) is 17.2. The van der Waals surface area contributed by atoms with Crippen molar-refractivity contribution in [3.8, 4) is 0 Å². The Hall–Kier alpha value is -1.76. The molecule has 0 bridgehead atoms. The number of carbonyl (C=O) groups is 1. The van der Waals surface area contributed by atoms with E-state index in [0.29, 0.717) is 6.42 Å². The normalized spacial score (nSPS) is 24.9. The Bertz CT molecular complexity index is 587. The molecular formula is C15H18N4OS. The van der Waals surface area contributed by atoms with E-state index in [1.165, 1.54) is 5.56 Å². The van der Waals surface area contributed by atoms with Crippen molar-refractivity contribution in [3.05, 3.63) is 52.5 Å². The number of hydrogen-bond donors (Lipinski definition) is 3. The van der Waals surface area contributed by atoms with Gasteiger partial charge in [0, 0.05) is 23.2 Å². The lowest BCUT2D eigenvalue weighted by Crippen LogP contribution is -2.46. The average molecular weight is 302 g/mol. The number of carbonyl (C=O) groups excluding carboxylic acids is 1. The first-order chi connectivity index (χ1) is 10.2. The van der Waals surface area contributed by atoms with Gasteiger partial charge in [-0.05, 0) is 29.1 Å². The molecule has 2 aromatic heterocycles. The standard InChI is InChI=1S/C15H18N4OS/c1-10-14(11-4-6-16-7-5-11)18-19-15(10)17-13(20)9-12-3-2-8-21-12/h2-8,10,14-15,18-19H,9H2,1H3,(H,17,20). The molecule has 21 heavy (non-hydrogen) atoms. The lowest BCUT2D eigenvalue weighted by molar-refractivity contribution is -0.121. The summed E-state index contributed by atoms with van der Waals surface area (Å²) in [5.74, 6) is 0.290. The Morgan fingerprint density at radius 3 is 2.86 bits per heavy atom. The fourth-order valence-corrected chi connectivity index (χ4v) is 3.26. The maximum atomic E-state index is 12.1. The van der Waals surface area contributed by atoms with Gasteiger partial charge in [-0.15, -0.1) is 11.3 Å². The van der Waals surface area contributed by atoms with E-state index in [-0.39, 0.29) is 24.0 Å². The summed E-state index contributed by atoms with van der Waals surface area (Å²) in [5, 5.41) is 5.03. The first kappa shape index (κ1) is 14.2. The predicted molar refractivity (Wildman–Crippen MR) is 82.4 cm³/mol. The molecule has 1 saturated heterocycles. The van der Waals surface area contributed by atoms with Gasteiger partial charge in [-0.3, -0.25) is 9.78 Å². The van der Waals surface area contributed by atoms with Crippen LogP contribution in [0.2, 0.25) is 0 Å². The van der Waals surface area contributed by atoms with Crippen molar-refractivity contribution < 1.29 is 4.79 Å². The van der Waals surface area contributed by atoms with Crippen molar-refractivity contribution in [1.82, 2.24) is 21.2 Å². The molecule has 110 valence electrons.